The van der Waals surface area contributed by atoms with Crippen LogP contribution in [0.1, 0.15) is 42.4 Å². The van der Waals surface area contributed by atoms with Crippen LogP contribution in [0.5, 0.6) is 0 Å². The van der Waals surface area contributed by atoms with Crippen molar-refractivity contribution in [2.24, 2.45) is 0 Å². The van der Waals surface area contributed by atoms with E-state index in [2.05, 4.69) is 25.6 Å². The van der Waals surface area contributed by atoms with Crippen LogP contribution in [0.2, 0.25) is 0 Å². The van der Waals surface area contributed by atoms with E-state index in [1.165, 1.54) is 24.3 Å². The molecule has 0 aliphatic carbocycles. The van der Waals surface area contributed by atoms with Crippen LogP contribution in [-0.4, -0.2) is 50.8 Å². The monoisotopic (exact) mass is 428 g/mol. The Hall–Kier alpha value is -3.14. The molecular weight excluding hydrogens is 407 g/mol. The lowest BCUT2D eigenvalue weighted by molar-refractivity contribution is -0.119. The van der Waals surface area contributed by atoms with Crippen molar-refractivity contribution in [3.05, 3.63) is 47.0 Å². The first-order valence-electron chi connectivity index (χ1n) is 9.59. The van der Waals surface area contributed by atoms with E-state index in [1.54, 1.807) is 11.1 Å². The molecule has 0 aromatic carbocycles. The lowest BCUT2D eigenvalue weighted by atomic mass is 10.1. The zero-order valence-corrected chi connectivity index (χ0v) is 17.4. The molecule has 1 fully saturated rings. The van der Waals surface area contributed by atoms with E-state index in [1.807, 2.05) is 18.4 Å². The van der Waals surface area contributed by atoms with E-state index < -0.39 is 5.82 Å². The summed E-state index contributed by atoms with van der Waals surface area (Å²) in [7, 11) is 0. The second-order valence-electron chi connectivity index (χ2n) is 7.27. The fourth-order valence-corrected chi connectivity index (χ4v) is 4.33. The van der Waals surface area contributed by atoms with Gasteiger partial charge in [-0.3, -0.25) is 14.6 Å². The topological polar surface area (TPSA) is 100 Å². The molecule has 3 aromatic rings. The van der Waals surface area contributed by atoms with Gasteiger partial charge in [-0.1, -0.05) is 0 Å². The SMILES string of the molecule is CC(=O)N[C@H]1CCN(C(=O)c2nc(NC(C)c3cncc(F)c3)nc3ccsc23)C1. The molecule has 8 nitrogen and oxygen atoms in total. The lowest BCUT2D eigenvalue weighted by Gasteiger charge is -2.18. The van der Waals surface area contributed by atoms with E-state index in [0.29, 0.717) is 46.9 Å². The molecule has 0 radical (unpaired) electrons. The summed E-state index contributed by atoms with van der Waals surface area (Å²) in [6.07, 6.45) is 3.42. The second kappa shape index (κ2) is 8.31. The number of aromatic nitrogens is 3. The van der Waals surface area contributed by atoms with Crippen molar-refractivity contribution in [2.45, 2.75) is 32.4 Å². The maximum atomic E-state index is 13.5. The van der Waals surface area contributed by atoms with Gasteiger partial charge in [0.1, 0.15) is 5.82 Å². The van der Waals surface area contributed by atoms with Gasteiger partial charge in [-0.2, -0.15) is 0 Å². The van der Waals surface area contributed by atoms with Gasteiger partial charge >= 0.3 is 0 Å². The van der Waals surface area contributed by atoms with Gasteiger partial charge in [0, 0.05) is 32.3 Å². The van der Waals surface area contributed by atoms with Gasteiger partial charge in [-0.15, -0.1) is 11.3 Å². The fourth-order valence-electron chi connectivity index (χ4n) is 3.51. The van der Waals surface area contributed by atoms with Gasteiger partial charge < -0.3 is 15.5 Å². The zero-order chi connectivity index (χ0) is 21.3. The number of carbonyl (C=O) groups excluding carboxylic acids is 2. The van der Waals surface area contributed by atoms with Crippen molar-refractivity contribution in [2.75, 3.05) is 18.4 Å². The van der Waals surface area contributed by atoms with Crippen LogP contribution >= 0.6 is 11.3 Å². The Morgan fingerprint density at radius 1 is 1.33 bits per heavy atom. The number of nitrogens with one attached hydrogen (secondary N) is 2. The first-order chi connectivity index (χ1) is 14.4. The Labute approximate surface area is 176 Å². The number of carbonyl (C=O) groups is 2. The summed E-state index contributed by atoms with van der Waals surface area (Å²) in [6, 6.07) is 2.88. The number of likely N-dealkylation sites (tertiary alicyclic amines) is 1. The molecule has 0 bridgehead atoms. The highest BCUT2D eigenvalue weighted by atomic mass is 32.1. The molecule has 0 saturated carbocycles. The summed E-state index contributed by atoms with van der Waals surface area (Å²) in [6.45, 7) is 4.31. The molecule has 30 heavy (non-hydrogen) atoms. The van der Waals surface area contributed by atoms with Crippen LogP contribution in [0.25, 0.3) is 10.2 Å². The molecule has 156 valence electrons. The van der Waals surface area contributed by atoms with Crippen LogP contribution in [0.3, 0.4) is 0 Å². The minimum atomic E-state index is -0.422. The number of amides is 2. The third kappa shape index (κ3) is 4.23. The van der Waals surface area contributed by atoms with Crippen LogP contribution < -0.4 is 10.6 Å². The highest BCUT2D eigenvalue weighted by Gasteiger charge is 2.30. The molecule has 1 aliphatic heterocycles. The second-order valence-corrected chi connectivity index (χ2v) is 8.19. The molecule has 2 amide bonds. The quantitative estimate of drug-likeness (QED) is 0.648. The molecule has 4 rings (SSSR count). The Bertz CT molecular complexity index is 1100. The van der Waals surface area contributed by atoms with Crippen molar-refractivity contribution in [3.63, 3.8) is 0 Å². The highest BCUT2D eigenvalue weighted by molar-refractivity contribution is 7.17. The Balaban J connectivity index is 1.58. The van der Waals surface area contributed by atoms with E-state index >= 15 is 0 Å². The van der Waals surface area contributed by atoms with Gasteiger partial charge in [0.25, 0.3) is 5.91 Å². The third-order valence-electron chi connectivity index (χ3n) is 4.96. The minimum absolute atomic E-state index is 0.0507. The number of thiophene rings is 1. The average molecular weight is 428 g/mol. The number of rotatable bonds is 5. The average Bonchev–Trinajstić information content (AvgIpc) is 3.35. The maximum absolute atomic E-state index is 13.5. The summed E-state index contributed by atoms with van der Waals surface area (Å²) < 4.78 is 14.2. The number of hydrogen-bond acceptors (Lipinski definition) is 7. The minimum Gasteiger partial charge on any atom is -0.352 e. The normalized spacial score (nSPS) is 17.2. The van der Waals surface area contributed by atoms with E-state index in [4.69, 9.17) is 0 Å². The van der Waals surface area contributed by atoms with Crippen LogP contribution in [0, 0.1) is 5.82 Å². The first kappa shape index (κ1) is 20.1. The van der Waals surface area contributed by atoms with E-state index in [0.717, 1.165) is 6.20 Å². The van der Waals surface area contributed by atoms with Crippen molar-refractivity contribution < 1.29 is 14.0 Å². The van der Waals surface area contributed by atoms with Crippen LogP contribution in [0.4, 0.5) is 10.3 Å². The summed E-state index contributed by atoms with van der Waals surface area (Å²) in [4.78, 5) is 39.0. The summed E-state index contributed by atoms with van der Waals surface area (Å²) in [5.74, 6) is -0.433. The third-order valence-corrected chi connectivity index (χ3v) is 5.87. The van der Waals surface area contributed by atoms with Gasteiger partial charge in [0.15, 0.2) is 5.69 Å². The molecular formula is C20H21FN6O2S. The summed E-state index contributed by atoms with van der Waals surface area (Å²) in [5, 5.41) is 7.86. The fraction of sp³-hybridized carbons (Fsp3) is 0.350. The highest BCUT2D eigenvalue weighted by Crippen LogP contribution is 2.27. The summed E-state index contributed by atoms with van der Waals surface area (Å²) in [5.41, 5.74) is 1.64. The Kier molecular flexibility index (Phi) is 5.58. The number of nitrogens with zero attached hydrogens (tertiary/aromatic N) is 4. The van der Waals surface area contributed by atoms with Gasteiger partial charge in [0.2, 0.25) is 11.9 Å². The molecule has 4 heterocycles. The van der Waals surface area contributed by atoms with Crippen LogP contribution in [0.15, 0.2) is 29.9 Å². The lowest BCUT2D eigenvalue weighted by Crippen LogP contribution is -2.37. The number of hydrogen-bond donors (Lipinski definition) is 2. The van der Waals surface area contributed by atoms with Gasteiger partial charge in [-0.05, 0) is 36.4 Å². The maximum Gasteiger partial charge on any atom is 0.274 e. The van der Waals surface area contributed by atoms with Crippen molar-refractivity contribution in [1.82, 2.24) is 25.2 Å². The van der Waals surface area contributed by atoms with Crippen molar-refractivity contribution >= 4 is 39.3 Å². The molecule has 10 heteroatoms. The number of pyridine rings is 1. The van der Waals surface area contributed by atoms with E-state index in [-0.39, 0.29) is 23.9 Å². The molecule has 1 saturated heterocycles. The van der Waals surface area contributed by atoms with Crippen molar-refractivity contribution in [3.8, 4) is 0 Å². The smallest absolute Gasteiger partial charge is 0.274 e. The van der Waals surface area contributed by atoms with Crippen molar-refractivity contribution in [1.29, 1.82) is 0 Å². The number of anilines is 1. The predicted molar refractivity (Wildman–Crippen MR) is 112 cm³/mol. The molecule has 2 N–H and O–H groups in total. The molecule has 3 aromatic heterocycles. The standard InChI is InChI=1S/C20H21FN6O2S/c1-11(13-7-14(21)9-22-8-13)23-20-25-16-4-6-30-18(16)17(26-20)19(29)27-5-3-15(10-27)24-12(2)28/h4,6-9,11,15H,3,5,10H2,1-2H3,(H,24,28)(H,23,25,26)/t11?,15-/m0/s1. The Morgan fingerprint density at radius 2 is 2.17 bits per heavy atom. The number of fused-ring (bicyclic) bond motifs is 1. The summed E-state index contributed by atoms with van der Waals surface area (Å²) >= 11 is 1.41. The molecule has 1 aliphatic rings. The largest absolute Gasteiger partial charge is 0.352 e. The van der Waals surface area contributed by atoms with Gasteiger partial charge in [0.05, 0.1) is 22.5 Å². The van der Waals surface area contributed by atoms with E-state index in [9.17, 15) is 14.0 Å². The van der Waals surface area contributed by atoms with Gasteiger partial charge in [-0.25, -0.2) is 14.4 Å². The van der Waals surface area contributed by atoms with Crippen LogP contribution in [-0.2, 0) is 4.79 Å². The predicted octanol–water partition coefficient (Wildman–Crippen LogP) is 2.75. The Morgan fingerprint density at radius 3 is 2.93 bits per heavy atom. The zero-order valence-electron chi connectivity index (χ0n) is 16.6. The molecule has 1 unspecified atom stereocenters. The molecule has 0 spiro atoms. The first-order valence-corrected chi connectivity index (χ1v) is 10.5. The number of halogens is 1. The molecule has 2 atom stereocenters.